The lowest BCUT2D eigenvalue weighted by atomic mass is 10.1. The van der Waals surface area contributed by atoms with E-state index in [2.05, 4.69) is 10.3 Å². The summed E-state index contributed by atoms with van der Waals surface area (Å²) in [6.07, 6.45) is -0.0875. The fraction of sp³-hybridized carbons (Fsp3) is 0.533. The molecule has 6 nitrogen and oxygen atoms in total. The van der Waals surface area contributed by atoms with Crippen LogP contribution in [0, 0.1) is 13.8 Å². The lowest BCUT2D eigenvalue weighted by molar-refractivity contribution is -0.137. The van der Waals surface area contributed by atoms with E-state index in [9.17, 15) is 9.59 Å². The molecule has 2 amide bonds. The van der Waals surface area contributed by atoms with Crippen LogP contribution in [0.3, 0.4) is 0 Å². The predicted octanol–water partition coefficient (Wildman–Crippen LogP) is 2.81. The lowest BCUT2D eigenvalue weighted by Crippen LogP contribution is -2.48. The predicted molar refractivity (Wildman–Crippen MR) is 81.4 cm³/mol. The first-order valence-corrected chi connectivity index (χ1v) is 6.86. The Morgan fingerprint density at radius 3 is 2.38 bits per heavy atom. The molecule has 0 atom stereocenters. The van der Waals surface area contributed by atoms with Gasteiger partial charge >= 0.3 is 12.0 Å². The fourth-order valence-corrected chi connectivity index (χ4v) is 1.95. The van der Waals surface area contributed by atoms with Crippen LogP contribution in [0.25, 0.3) is 0 Å². The number of aromatic nitrogens is 1. The number of carboxylic acids is 1. The number of anilines is 1. The summed E-state index contributed by atoms with van der Waals surface area (Å²) in [7, 11) is 0. The Kier molecular flexibility index (Phi) is 5.29. The quantitative estimate of drug-likeness (QED) is 0.894. The Balaban J connectivity index is 2.88. The van der Waals surface area contributed by atoms with E-state index >= 15 is 0 Å². The fourth-order valence-electron chi connectivity index (χ4n) is 1.95. The third-order valence-corrected chi connectivity index (χ3v) is 3.07. The van der Waals surface area contributed by atoms with Gasteiger partial charge in [-0.3, -0.25) is 9.78 Å². The molecule has 0 saturated carbocycles. The van der Waals surface area contributed by atoms with Crippen LogP contribution in [0.2, 0.25) is 0 Å². The minimum atomic E-state index is -0.926. The Hall–Kier alpha value is -2.11. The van der Waals surface area contributed by atoms with Gasteiger partial charge in [-0.05, 0) is 46.8 Å². The van der Waals surface area contributed by atoms with Crippen LogP contribution in [-0.4, -0.2) is 39.1 Å². The second-order valence-corrected chi connectivity index (χ2v) is 5.98. The summed E-state index contributed by atoms with van der Waals surface area (Å²) >= 11 is 0. The van der Waals surface area contributed by atoms with E-state index in [1.807, 2.05) is 40.7 Å². The molecule has 0 aliphatic rings. The van der Waals surface area contributed by atoms with Gasteiger partial charge in [0.1, 0.15) is 0 Å². The molecule has 116 valence electrons. The number of urea groups is 1. The minimum absolute atomic E-state index is 0.0875. The second-order valence-electron chi connectivity index (χ2n) is 5.98. The van der Waals surface area contributed by atoms with Crippen molar-refractivity contribution in [3.63, 3.8) is 0 Å². The van der Waals surface area contributed by atoms with E-state index in [-0.39, 0.29) is 19.0 Å². The summed E-state index contributed by atoms with van der Waals surface area (Å²) in [5.41, 5.74) is 1.78. The van der Waals surface area contributed by atoms with Crippen molar-refractivity contribution in [2.75, 3.05) is 11.9 Å². The van der Waals surface area contributed by atoms with E-state index in [0.29, 0.717) is 5.69 Å². The Labute approximate surface area is 125 Å². The number of pyridine rings is 1. The average Bonchev–Trinajstić information content (AvgIpc) is 2.30. The first kappa shape index (κ1) is 16.9. The molecule has 0 saturated heterocycles. The number of carbonyl (C=O) groups is 2. The van der Waals surface area contributed by atoms with Crippen LogP contribution < -0.4 is 5.32 Å². The monoisotopic (exact) mass is 293 g/mol. The first-order valence-electron chi connectivity index (χ1n) is 6.86. The van der Waals surface area contributed by atoms with Crippen LogP contribution in [0.5, 0.6) is 0 Å². The standard InChI is InChI=1S/C15H23N3O3/c1-10-6-7-12(11(2)16-10)17-14(21)18(15(3,4)5)9-8-13(19)20/h6-7H,8-9H2,1-5H3,(H,17,21)(H,19,20). The highest BCUT2D eigenvalue weighted by Gasteiger charge is 2.27. The number of amides is 2. The van der Waals surface area contributed by atoms with Crippen molar-refractivity contribution < 1.29 is 14.7 Å². The van der Waals surface area contributed by atoms with Gasteiger partial charge in [0.2, 0.25) is 0 Å². The molecule has 6 heteroatoms. The van der Waals surface area contributed by atoms with E-state index < -0.39 is 11.5 Å². The van der Waals surface area contributed by atoms with Crippen molar-refractivity contribution in [3.05, 3.63) is 23.5 Å². The maximum absolute atomic E-state index is 12.4. The first-order chi connectivity index (χ1) is 9.61. The molecule has 0 radical (unpaired) electrons. The third kappa shape index (κ3) is 5.06. The molecule has 2 N–H and O–H groups in total. The maximum Gasteiger partial charge on any atom is 0.322 e. The van der Waals surface area contributed by atoms with Crippen molar-refractivity contribution in [2.24, 2.45) is 0 Å². The molecule has 1 aromatic heterocycles. The van der Waals surface area contributed by atoms with Crippen molar-refractivity contribution >= 4 is 17.7 Å². The zero-order valence-corrected chi connectivity index (χ0v) is 13.2. The lowest BCUT2D eigenvalue weighted by Gasteiger charge is -2.35. The van der Waals surface area contributed by atoms with Crippen LogP contribution in [-0.2, 0) is 4.79 Å². The van der Waals surface area contributed by atoms with Gasteiger partial charge in [0, 0.05) is 17.8 Å². The van der Waals surface area contributed by atoms with Gasteiger partial charge in [0.05, 0.1) is 17.8 Å². The third-order valence-electron chi connectivity index (χ3n) is 3.07. The molecule has 21 heavy (non-hydrogen) atoms. The summed E-state index contributed by atoms with van der Waals surface area (Å²) in [4.78, 5) is 28.9. The van der Waals surface area contributed by atoms with Gasteiger partial charge in [-0.15, -0.1) is 0 Å². The Morgan fingerprint density at radius 2 is 1.90 bits per heavy atom. The molecule has 1 rings (SSSR count). The smallest absolute Gasteiger partial charge is 0.322 e. The number of carbonyl (C=O) groups excluding carboxylic acids is 1. The van der Waals surface area contributed by atoms with Crippen LogP contribution >= 0.6 is 0 Å². The molecule has 0 unspecified atom stereocenters. The number of rotatable bonds is 4. The Bertz CT molecular complexity index is 535. The molecule has 0 bridgehead atoms. The van der Waals surface area contributed by atoms with Gasteiger partial charge in [-0.2, -0.15) is 0 Å². The molecule has 0 spiro atoms. The molecule has 0 aromatic carbocycles. The van der Waals surface area contributed by atoms with Gasteiger partial charge in [-0.1, -0.05) is 0 Å². The van der Waals surface area contributed by atoms with Crippen molar-refractivity contribution in [2.45, 2.75) is 46.6 Å². The van der Waals surface area contributed by atoms with Crippen LogP contribution in [0.4, 0.5) is 10.5 Å². The zero-order chi connectivity index (χ0) is 16.2. The van der Waals surface area contributed by atoms with Gasteiger partial charge < -0.3 is 15.3 Å². The van der Waals surface area contributed by atoms with Crippen LogP contribution in [0.15, 0.2) is 12.1 Å². The highest BCUT2D eigenvalue weighted by Crippen LogP contribution is 2.18. The van der Waals surface area contributed by atoms with E-state index in [1.165, 1.54) is 4.90 Å². The largest absolute Gasteiger partial charge is 0.481 e. The summed E-state index contributed by atoms with van der Waals surface area (Å²) in [6.45, 7) is 9.47. The van der Waals surface area contributed by atoms with Crippen molar-refractivity contribution in [1.82, 2.24) is 9.88 Å². The van der Waals surface area contributed by atoms with Gasteiger partial charge in [0.15, 0.2) is 0 Å². The van der Waals surface area contributed by atoms with Crippen molar-refractivity contribution in [1.29, 1.82) is 0 Å². The van der Waals surface area contributed by atoms with Crippen molar-refractivity contribution in [3.8, 4) is 0 Å². The number of aryl methyl sites for hydroxylation is 2. The number of carboxylic acid groups (broad SMARTS) is 1. The van der Waals surface area contributed by atoms with E-state index in [1.54, 1.807) is 6.07 Å². The van der Waals surface area contributed by atoms with Crippen LogP contribution in [0.1, 0.15) is 38.6 Å². The molecule has 1 heterocycles. The van der Waals surface area contributed by atoms with Gasteiger partial charge in [0.25, 0.3) is 0 Å². The molecular weight excluding hydrogens is 270 g/mol. The number of hydrogen-bond acceptors (Lipinski definition) is 3. The minimum Gasteiger partial charge on any atom is -0.481 e. The average molecular weight is 293 g/mol. The molecule has 1 aromatic rings. The number of aliphatic carboxylic acids is 1. The number of nitrogens with zero attached hydrogens (tertiary/aromatic N) is 2. The molecule has 0 aliphatic heterocycles. The second kappa shape index (κ2) is 6.56. The number of nitrogens with one attached hydrogen (secondary N) is 1. The summed E-state index contributed by atoms with van der Waals surface area (Å²) < 4.78 is 0. The maximum atomic E-state index is 12.4. The molecular formula is C15H23N3O3. The summed E-state index contributed by atoms with van der Waals surface area (Å²) in [5, 5.41) is 11.6. The molecule has 0 fully saturated rings. The SMILES string of the molecule is Cc1ccc(NC(=O)N(CCC(=O)O)C(C)(C)C)c(C)n1. The summed E-state index contributed by atoms with van der Waals surface area (Å²) in [6, 6.07) is 3.30. The summed E-state index contributed by atoms with van der Waals surface area (Å²) in [5.74, 6) is -0.926. The zero-order valence-electron chi connectivity index (χ0n) is 13.2. The van der Waals surface area contributed by atoms with E-state index in [0.717, 1.165) is 11.4 Å². The number of hydrogen-bond donors (Lipinski definition) is 2. The van der Waals surface area contributed by atoms with E-state index in [4.69, 9.17) is 5.11 Å². The topological polar surface area (TPSA) is 82.5 Å². The highest BCUT2D eigenvalue weighted by molar-refractivity contribution is 5.90. The normalized spacial score (nSPS) is 11.1. The Morgan fingerprint density at radius 1 is 1.29 bits per heavy atom. The van der Waals surface area contributed by atoms with Gasteiger partial charge in [-0.25, -0.2) is 4.79 Å². The highest BCUT2D eigenvalue weighted by atomic mass is 16.4. The molecule has 0 aliphatic carbocycles.